The molecule has 5 heterocycles. The van der Waals surface area contributed by atoms with Gasteiger partial charge in [0.05, 0.1) is 32.0 Å². The number of hydrogen-bond acceptors (Lipinski definition) is 24. The summed E-state index contributed by atoms with van der Waals surface area (Å²) < 4.78 is 57.4. The summed E-state index contributed by atoms with van der Waals surface area (Å²) in [6.45, 7) is 3.43. The Balaban J connectivity index is 1.29. The van der Waals surface area contributed by atoms with Crippen LogP contribution in [0.2, 0.25) is 0 Å². The molecule has 3 aromatic rings. The van der Waals surface area contributed by atoms with Crippen molar-refractivity contribution in [3.63, 3.8) is 0 Å². The first-order valence-electron chi connectivity index (χ1n) is 20.1. The van der Waals surface area contributed by atoms with Gasteiger partial charge in [-0.2, -0.15) is 0 Å². The third kappa shape index (κ3) is 9.08. The Morgan fingerprint density at radius 3 is 1.75 bits per heavy atom. The van der Waals surface area contributed by atoms with Crippen LogP contribution in [0.15, 0.2) is 39.5 Å². The number of rotatable bonds is 11. The van der Waals surface area contributed by atoms with Crippen molar-refractivity contribution in [3.05, 3.63) is 40.6 Å². The third-order valence-corrected chi connectivity index (χ3v) is 11.6. The molecule has 9 unspecified atom stereocenters. The molecule has 0 amide bonds. The summed E-state index contributed by atoms with van der Waals surface area (Å²) in [7, 11) is 1.24. The van der Waals surface area contributed by atoms with Crippen molar-refractivity contribution in [2.45, 2.75) is 144 Å². The Bertz CT molecular complexity index is 2150. The Hall–Kier alpha value is -4.03. The topological polar surface area (TPSA) is 376 Å². The van der Waals surface area contributed by atoms with Crippen LogP contribution < -0.4 is 19.6 Å². The highest BCUT2D eigenvalue weighted by Crippen LogP contribution is 2.41. The second kappa shape index (κ2) is 19.1. The lowest BCUT2D eigenvalue weighted by atomic mass is 9.97. The SMILES string of the molecule is COc1cc(-c2oc3cc(O[C@@H]4OC(C)[C@H](O)[C@H](O)C4O)cc(O)c3c(=O)c2O[C@@H]2OC(CO[C@@H]3OC(C)[C@H](O)[C@H](O)C3O)[C@H](O)C(O)C2O[C@@H]2OC(C)[C@H](O)C(O)[C@@H]2O)ccc1O. The molecule has 0 spiro atoms. The number of methoxy groups -OCH3 is 1. The van der Waals surface area contributed by atoms with Gasteiger partial charge in [0.25, 0.3) is 0 Å². The predicted octanol–water partition coefficient (Wildman–Crippen LogP) is -4.03. The smallest absolute Gasteiger partial charge is 0.239 e. The number of aliphatic hydroxyl groups is 11. The second-order valence-corrected chi connectivity index (χ2v) is 16.0. The molecule has 64 heavy (non-hydrogen) atoms. The van der Waals surface area contributed by atoms with E-state index in [9.17, 15) is 71.2 Å². The molecule has 4 aliphatic rings. The molecule has 4 fully saturated rings. The molecule has 0 aliphatic carbocycles. The van der Waals surface area contributed by atoms with Crippen LogP contribution in [0.1, 0.15) is 20.8 Å². The molecule has 4 aliphatic heterocycles. The van der Waals surface area contributed by atoms with E-state index in [1.807, 2.05) is 0 Å². The zero-order valence-electron chi connectivity index (χ0n) is 34.4. The Morgan fingerprint density at radius 2 is 1.14 bits per heavy atom. The minimum absolute atomic E-state index is 0.0181. The van der Waals surface area contributed by atoms with E-state index in [2.05, 4.69) is 0 Å². The maximum atomic E-state index is 14.6. The van der Waals surface area contributed by atoms with Gasteiger partial charge in [-0.25, -0.2) is 0 Å². The van der Waals surface area contributed by atoms with Gasteiger partial charge in [-0.1, -0.05) is 0 Å². The molecule has 24 heteroatoms. The monoisotopic (exact) mass is 916 g/mol. The quantitative estimate of drug-likeness (QED) is 0.0871. The van der Waals surface area contributed by atoms with E-state index in [0.717, 1.165) is 12.1 Å². The fraction of sp³-hybridized carbons (Fsp3) is 0.625. The molecule has 0 saturated carbocycles. The minimum atomic E-state index is -2.08. The second-order valence-electron chi connectivity index (χ2n) is 16.0. The van der Waals surface area contributed by atoms with Crippen LogP contribution in [0.3, 0.4) is 0 Å². The molecule has 24 nitrogen and oxygen atoms in total. The molecule has 13 N–H and O–H groups in total. The van der Waals surface area contributed by atoms with Crippen molar-refractivity contribution in [1.29, 1.82) is 0 Å². The standard InChI is InChI=1S/C40H52O24/c1-11-22(43)27(48)31(52)37(57-11)56-10-20-25(46)30(51)36(64-39-33(54)29(50)24(45)13(3)59-39)40(62-20)63-35-26(47)21-17(42)8-15(60-38-32(53)28(49)23(44)12(2)58-38)9-19(21)61-34(35)14-5-6-16(41)18(7-14)55-4/h5-9,11-13,20,22-25,27-33,36-46,48-54H,10H2,1-4H3/t11?,12?,13?,20?,22-,23-,24-,25-,27-,28-,29?,30?,31?,32?,33-,36?,37+,38-,39-,40-/m0/s1. The normalized spacial score (nSPS) is 40.5. The maximum Gasteiger partial charge on any atom is 0.239 e. The number of benzene rings is 2. The van der Waals surface area contributed by atoms with E-state index in [1.165, 1.54) is 46.1 Å². The summed E-state index contributed by atoms with van der Waals surface area (Å²) in [5.41, 5.74) is -1.51. The van der Waals surface area contributed by atoms with Crippen LogP contribution in [0.4, 0.5) is 0 Å². The van der Waals surface area contributed by atoms with Gasteiger partial charge >= 0.3 is 0 Å². The minimum Gasteiger partial charge on any atom is -0.507 e. The largest absolute Gasteiger partial charge is 0.507 e. The van der Waals surface area contributed by atoms with Crippen molar-refractivity contribution in [2.75, 3.05) is 13.7 Å². The highest BCUT2D eigenvalue weighted by Gasteiger charge is 2.52. The molecule has 2 aromatic carbocycles. The van der Waals surface area contributed by atoms with Gasteiger partial charge in [-0.05, 0) is 39.0 Å². The number of hydrogen-bond donors (Lipinski definition) is 13. The number of phenols is 2. The number of aliphatic hydroxyl groups excluding tert-OH is 11. The van der Waals surface area contributed by atoms with Gasteiger partial charge < -0.3 is 113 Å². The summed E-state index contributed by atoms with van der Waals surface area (Å²) in [6.07, 6.45) is -33.1. The fourth-order valence-electron chi connectivity index (χ4n) is 7.71. The highest BCUT2D eigenvalue weighted by molar-refractivity contribution is 5.88. The van der Waals surface area contributed by atoms with E-state index in [1.54, 1.807) is 0 Å². The fourth-order valence-corrected chi connectivity index (χ4v) is 7.71. The molecule has 0 bridgehead atoms. The zero-order valence-corrected chi connectivity index (χ0v) is 34.4. The molecule has 20 atom stereocenters. The summed E-state index contributed by atoms with van der Waals surface area (Å²) in [6, 6.07) is 5.77. The lowest BCUT2D eigenvalue weighted by Gasteiger charge is -2.46. The van der Waals surface area contributed by atoms with Crippen LogP contribution in [0.25, 0.3) is 22.3 Å². The van der Waals surface area contributed by atoms with Crippen LogP contribution in [-0.2, 0) is 28.4 Å². The molecule has 4 saturated heterocycles. The maximum absolute atomic E-state index is 14.6. The number of fused-ring (bicyclic) bond motifs is 1. The van der Waals surface area contributed by atoms with E-state index < -0.39 is 158 Å². The van der Waals surface area contributed by atoms with E-state index in [0.29, 0.717) is 0 Å². The van der Waals surface area contributed by atoms with Crippen molar-refractivity contribution in [1.82, 2.24) is 0 Å². The average molecular weight is 917 g/mol. The van der Waals surface area contributed by atoms with E-state index >= 15 is 0 Å². The first kappa shape index (κ1) is 47.9. The van der Waals surface area contributed by atoms with Gasteiger partial charge in [0.15, 0.2) is 35.9 Å². The van der Waals surface area contributed by atoms with Gasteiger partial charge in [0.1, 0.15) is 95.7 Å². The highest BCUT2D eigenvalue weighted by atomic mass is 16.8. The van der Waals surface area contributed by atoms with E-state index in [-0.39, 0.29) is 28.4 Å². The first-order valence-corrected chi connectivity index (χ1v) is 20.1. The van der Waals surface area contributed by atoms with Crippen molar-refractivity contribution in [3.8, 4) is 40.1 Å². The van der Waals surface area contributed by atoms with Crippen LogP contribution >= 0.6 is 0 Å². The summed E-state index contributed by atoms with van der Waals surface area (Å²) in [4.78, 5) is 14.6. The first-order chi connectivity index (χ1) is 30.2. The number of aromatic hydroxyl groups is 2. The van der Waals surface area contributed by atoms with Crippen molar-refractivity contribution < 1.29 is 113 Å². The Kier molecular flexibility index (Phi) is 14.3. The molecule has 1 aromatic heterocycles. The number of phenolic OH excluding ortho intramolecular Hbond substituents is 2. The molecular formula is C40H52O24. The zero-order chi connectivity index (χ0) is 46.6. The van der Waals surface area contributed by atoms with Crippen molar-refractivity contribution >= 4 is 11.0 Å². The third-order valence-electron chi connectivity index (χ3n) is 11.6. The van der Waals surface area contributed by atoms with Gasteiger partial charge in [0.2, 0.25) is 23.8 Å². The Labute approximate surface area is 362 Å². The van der Waals surface area contributed by atoms with Gasteiger partial charge in [-0.3, -0.25) is 4.79 Å². The predicted molar refractivity (Wildman–Crippen MR) is 208 cm³/mol. The molecule has 356 valence electrons. The summed E-state index contributed by atoms with van der Waals surface area (Å²) in [5, 5.41) is 138. The summed E-state index contributed by atoms with van der Waals surface area (Å²) in [5.74, 6) is -2.71. The molecule has 0 radical (unpaired) electrons. The Morgan fingerprint density at radius 1 is 0.578 bits per heavy atom. The lowest BCUT2D eigenvalue weighted by Crippen LogP contribution is -2.65. The van der Waals surface area contributed by atoms with Gasteiger partial charge in [-0.15, -0.1) is 0 Å². The van der Waals surface area contributed by atoms with Crippen LogP contribution in [0, 0.1) is 0 Å². The van der Waals surface area contributed by atoms with Crippen molar-refractivity contribution in [2.24, 2.45) is 0 Å². The molecule has 7 rings (SSSR count). The van der Waals surface area contributed by atoms with E-state index in [4.69, 9.17) is 47.0 Å². The average Bonchev–Trinajstić information content (AvgIpc) is 3.26. The lowest BCUT2D eigenvalue weighted by molar-refractivity contribution is -0.360. The summed E-state index contributed by atoms with van der Waals surface area (Å²) >= 11 is 0. The van der Waals surface area contributed by atoms with Crippen LogP contribution in [-0.4, -0.2) is 203 Å². The number of ether oxygens (including phenoxy) is 9. The van der Waals surface area contributed by atoms with Crippen LogP contribution in [0.5, 0.6) is 28.7 Å². The molecular weight excluding hydrogens is 864 g/mol. The van der Waals surface area contributed by atoms with Gasteiger partial charge in [0, 0.05) is 17.7 Å².